The van der Waals surface area contributed by atoms with Gasteiger partial charge in [0.05, 0.1) is 10.9 Å². The number of carbonyl (C=O) groups is 1. The second kappa shape index (κ2) is 6.25. The number of hydrogen-bond donors (Lipinski definition) is 0. The number of amides is 1. The average Bonchev–Trinajstić information content (AvgIpc) is 3.36. The molecule has 1 aliphatic heterocycles. The quantitative estimate of drug-likeness (QED) is 0.730. The van der Waals surface area contributed by atoms with Crippen LogP contribution in [-0.2, 0) is 0 Å². The van der Waals surface area contributed by atoms with E-state index in [-0.39, 0.29) is 11.9 Å². The van der Waals surface area contributed by atoms with E-state index in [1.165, 1.54) is 11.3 Å². The van der Waals surface area contributed by atoms with Crippen molar-refractivity contribution in [2.75, 3.05) is 13.1 Å². The number of aromatic nitrogens is 3. The molecular formula is C16H16N4OS2. The Morgan fingerprint density at radius 1 is 1.30 bits per heavy atom. The predicted octanol–water partition coefficient (Wildman–Crippen LogP) is 3.55. The van der Waals surface area contributed by atoms with Crippen molar-refractivity contribution in [3.05, 3.63) is 47.0 Å². The van der Waals surface area contributed by atoms with Gasteiger partial charge in [0.2, 0.25) is 0 Å². The molecule has 0 bridgehead atoms. The van der Waals surface area contributed by atoms with Gasteiger partial charge in [0, 0.05) is 30.9 Å². The van der Waals surface area contributed by atoms with E-state index in [2.05, 4.69) is 10.1 Å². The maximum atomic E-state index is 12.7. The second-order valence-electron chi connectivity index (χ2n) is 5.55. The Hall–Kier alpha value is -1.99. The average molecular weight is 344 g/mol. The van der Waals surface area contributed by atoms with E-state index in [4.69, 9.17) is 0 Å². The van der Waals surface area contributed by atoms with Crippen molar-refractivity contribution in [1.29, 1.82) is 0 Å². The van der Waals surface area contributed by atoms with Gasteiger partial charge in [0.15, 0.2) is 0 Å². The molecule has 0 saturated carbocycles. The molecule has 1 atom stereocenters. The van der Waals surface area contributed by atoms with E-state index in [9.17, 15) is 4.79 Å². The highest BCUT2D eigenvalue weighted by atomic mass is 32.1. The molecule has 0 radical (unpaired) electrons. The lowest BCUT2D eigenvalue weighted by Crippen LogP contribution is -2.41. The standard InChI is InChI=1S/C16H16N4OS2/c21-16(13-11-23-15(18-13)14-5-2-9-22-14)19-7-1-4-12(10-19)20-8-3-6-17-20/h2-3,5-6,8-9,11-12H,1,4,7,10H2/t12-/m1/s1. The minimum atomic E-state index is 0.0286. The minimum absolute atomic E-state index is 0.0286. The fourth-order valence-electron chi connectivity index (χ4n) is 2.90. The Morgan fingerprint density at radius 2 is 2.26 bits per heavy atom. The number of piperidine rings is 1. The summed E-state index contributed by atoms with van der Waals surface area (Å²) in [5.41, 5.74) is 0.555. The molecule has 1 aliphatic rings. The first-order valence-electron chi connectivity index (χ1n) is 7.59. The Labute approximate surface area is 142 Å². The van der Waals surface area contributed by atoms with Crippen LogP contribution in [0.25, 0.3) is 9.88 Å². The van der Waals surface area contributed by atoms with Gasteiger partial charge in [0.1, 0.15) is 10.7 Å². The van der Waals surface area contributed by atoms with Crippen molar-refractivity contribution in [2.45, 2.75) is 18.9 Å². The largest absolute Gasteiger partial charge is 0.335 e. The summed E-state index contributed by atoms with van der Waals surface area (Å²) in [6.07, 6.45) is 5.81. The van der Waals surface area contributed by atoms with Crippen molar-refractivity contribution in [2.24, 2.45) is 0 Å². The lowest BCUT2D eigenvalue weighted by atomic mass is 10.1. The highest BCUT2D eigenvalue weighted by molar-refractivity contribution is 7.20. The highest BCUT2D eigenvalue weighted by Gasteiger charge is 2.27. The van der Waals surface area contributed by atoms with Gasteiger partial charge in [-0.3, -0.25) is 9.48 Å². The van der Waals surface area contributed by atoms with Crippen LogP contribution in [-0.4, -0.2) is 38.7 Å². The maximum absolute atomic E-state index is 12.7. The van der Waals surface area contributed by atoms with Gasteiger partial charge in [-0.15, -0.1) is 22.7 Å². The van der Waals surface area contributed by atoms with Gasteiger partial charge < -0.3 is 4.90 Å². The number of likely N-dealkylation sites (tertiary alicyclic amines) is 1. The Morgan fingerprint density at radius 3 is 3.04 bits per heavy atom. The molecule has 3 aromatic heterocycles. The van der Waals surface area contributed by atoms with Crippen LogP contribution in [0.2, 0.25) is 0 Å². The zero-order valence-electron chi connectivity index (χ0n) is 12.5. The first-order valence-corrected chi connectivity index (χ1v) is 9.35. The number of rotatable bonds is 3. The third-order valence-corrected chi connectivity index (χ3v) is 5.92. The van der Waals surface area contributed by atoms with E-state index in [1.807, 2.05) is 44.7 Å². The summed E-state index contributed by atoms with van der Waals surface area (Å²) >= 11 is 3.18. The molecule has 1 saturated heterocycles. The second-order valence-corrected chi connectivity index (χ2v) is 7.35. The lowest BCUT2D eigenvalue weighted by molar-refractivity contribution is 0.0668. The zero-order valence-corrected chi connectivity index (χ0v) is 14.1. The molecular weight excluding hydrogens is 328 g/mol. The predicted molar refractivity (Wildman–Crippen MR) is 91.8 cm³/mol. The van der Waals surface area contributed by atoms with Gasteiger partial charge in [-0.05, 0) is 30.4 Å². The van der Waals surface area contributed by atoms with Crippen LogP contribution in [0.1, 0.15) is 29.4 Å². The van der Waals surface area contributed by atoms with E-state index >= 15 is 0 Å². The third-order valence-electron chi connectivity index (χ3n) is 4.04. The van der Waals surface area contributed by atoms with Gasteiger partial charge in [-0.2, -0.15) is 5.10 Å². The van der Waals surface area contributed by atoms with Crippen molar-refractivity contribution in [3.8, 4) is 9.88 Å². The monoisotopic (exact) mass is 344 g/mol. The van der Waals surface area contributed by atoms with Gasteiger partial charge >= 0.3 is 0 Å². The molecule has 23 heavy (non-hydrogen) atoms. The summed E-state index contributed by atoms with van der Waals surface area (Å²) in [5, 5.41) is 9.13. The lowest BCUT2D eigenvalue weighted by Gasteiger charge is -2.32. The number of thiazole rings is 1. The van der Waals surface area contributed by atoms with Crippen LogP contribution in [0, 0.1) is 0 Å². The summed E-state index contributed by atoms with van der Waals surface area (Å²) in [7, 11) is 0. The first kappa shape index (κ1) is 14.6. The van der Waals surface area contributed by atoms with E-state index in [1.54, 1.807) is 17.5 Å². The fraction of sp³-hybridized carbons (Fsp3) is 0.312. The van der Waals surface area contributed by atoms with Crippen molar-refractivity contribution < 1.29 is 4.79 Å². The summed E-state index contributed by atoms with van der Waals surface area (Å²) in [6.45, 7) is 1.49. The third kappa shape index (κ3) is 2.94. The number of thiophene rings is 1. The number of hydrogen-bond acceptors (Lipinski definition) is 5. The van der Waals surface area contributed by atoms with Gasteiger partial charge in [-0.25, -0.2) is 4.98 Å². The smallest absolute Gasteiger partial charge is 0.273 e. The molecule has 0 N–H and O–H groups in total. The topological polar surface area (TPSA) is 51.0 Å². The summed E-state index contributed by atoms with van der Waals surface area (Å²) in [4.78, 5) is 20.3. The number of carbonyl (C=O) groups excluding carboxylic acids is 1. The summed E-state index contributed by atoms with van der Waals surface area (Å²) < 4.78 is 1.96. The molecule has 4 heterocycles. The SMILES string of the molecule is O=C(c1csc(-c2cccs2)n1)N1CCC[C@@H](n2cccn2)C1. The van der Waals surface area contributed by atoms with Crippen LogP contribution >= 0.6 is 22.7 Å². The van der Waals surface area contributed by atoms with Crippen LogP contribution in [0.5, 0.6) is 0 Å². The normalized spacial score (nSPS) is 18.3. The van der Waals surface area contributed by atoms with Gasteiger partial charge in [0.25, 0.3) is 5.91 Å². The molecule has 118 valence electrons. The van der Waals surface area contributed by atoms with Crippen LogP contribution in [0.4, 0.5) is 0 Å². The molecule has 5 nitrogen and oxygen atoms in total. The molecule has 0 aromatic carbocycles. The van der Waals surface area contributed by atoms with Crippen molar-refractivity contribution in [3.63, 3.8) is 0 Å². The fourth-order valence-corrected chi connectivity index (χ4v) is 4.51. The summed E-state index contributed by atoms with van der Waals surface area (Å²) in [6, 6.07) is 6.22. The number of nitrogens with zero attached hydrogens (tertiary/aromatic N) is 4. The molecule has 0 spiro atoms. The molecule has 3 aromatic rings. The maximum Gasteiger partial charge on any atom is 0.273 e. The van der Waals surface area contributed by atoms with Crippen molar-refractivity contribution in [1.82, 2.24) is 19.7 Å². The molecule has 0 aliphatic carbocycles. The Kier molecular flexibility index (Phi) is 3.97. The molecule has 1 amide bonds. The molecule has 1 fully saturated rings. The Bertz CT molecular complexity index is 779. The van der Waals surface area contributed by atoms with E-state index < -0.39 is 0 Å². The summed E-state index contributed by atoms with van der Waals surface area (Å²) in [5.74, 6) is 0.0286. The van der Waals surface area contributed by atoms with E-state index in [0.717, 1.165) is 29.3 Å². The van der Waals surface area contributed by atoms with Gasteiger partial charge in [-0.1, -0.05) is 6.07 Å². The van der Waals surface area contributed by atoms with Crippen molar-refractivity contribution >= 4 is 28.6 Å². The molecule has 7 heteroatoms. The Balaban J connectivity index is 1.50. The molecule has 0 unspecified atom stereocenters. The zero-order chi connectivity index (χ0) is 15.6. The highest BCUT2D eigenvalue weighted by Crippen LogP contribution is 2.29. The van der Waals surface area contributed by atoms with Crippen LogP contribution < -0.4 is 0 Å². The van der Waals surface area contributed by atoms with Crippen LogP contribution in [0.15, 0.2) is 41.4 Å². The van der Waals surface area contributed by atoms with Crippen LogP contribution in [0.3, 0.4) is 0 Å². The van der Waals surface area contributed by atoms with E-state index in [0.29, 0.717) is 12.2 Å². The minimum Gasteiger partial charge on any atom is -0.335 e. The first-order chi connectivity index (χ1) is 11.3. The molecule has 4 rings (SSSR count).